The lowest BCUT2D eigenvalue weighted by atomic mass is 10.0. The standard InChI is InChI=1S/C20H18N4O/c1-14-3-2-8-22-17(14)7-12-24-13-18-19(20(24)25)16(6-11-23-18)15-4-9-21-10-5-15/h2-6,8-11H,7,12-13H2,1H3. The van der Waals surface area contributed by atoms with Gasteiger partial charge in [-0.1, -0.05) is 6.07 Å². The summed E-state index contributed by atoms with van der Waals surface area (Å²) in [5.74, 6) is 0.0449. The molecule has 1 amide bonds. The molecular formula is C20H18N4O. The lowest BCUT2D eigenvalue weighted by Gasteiger charge is -2.15. The van der Waals surface area contributed by atoms with Crippen LogP contribution >= 0.6 is 0 Å². The maximum Gasteiger partial charge on any atom is 0.256 e. The maximum atomic E-state index is 12.9. The number of hydrogen-bond acceptors (Lipinski definition) is 4. The first-order valence-electron chi connectivity index (χ1n) is 8.32. The number of pyridine rings is 3. The topological polar surface area (TPSA) is 59.0 Å². The molecule has 0 bridgehead atoms. The van der Waals surface area contributed by atoms with Crippen molar-refractivity contribution >= 4 is 5.91 Å². The zero-order valence-corrected chi connectivity index (χ0v) is 14.0. The van der Waals surface area contributed by atoms with Crippen molar-refractivity contribution in [3.8, 4) is 11.1 Å². The highest BCUT2D eigenvalue weighted by Crippen LogP contribution is 2.31. The van der Waals surface area contributed by atoms with E-state index in [0.29, 0.717) is 18.7 Å². The van der Waals surface area contributed by atoms with Crippen LogP contribution in [-0.4, -0.2) is 32.3 Å². The Kier molecular flexibility index (Phi) is 3.98. The van der Waals surface area contributed by atoms with Crippen LogP contribution in [0.25, 0.3) is 11.1 Å². The van der Waals surface area contributed by atoms with Gasteiger partial charge in [0.2, 0.25) is 0 Å². The van der Waals surface area contributed by atoms with Crippen LogP contribution in [0.15, 0.2) is 55.1 Å². The molecule has 124 valence electrons. The fourth-order valence-electron chi connectivity index (χ4n) is 3.25. The highest BCUT2D eigenvalue weighted by molar-refractivity contribution is 6.03. The van der Waals surface area contributed by atoms with Gasteiger partial charge in [0, 0.05) is 43.4 Å². The molecule has 4 rings (SSSR count). The quantitative estimate of drug-likeness (QED) is 0.738. The minimum absolute atomic E-state index is 0.0449. The van der Waals surface area contributed by atoms with E-state index in [2.05, 4.69) is 15.0 Å². The number of aryl methyl sites for hydroxylation is 1. The number of nitrogens with zero attached hydrogens (tertiary/aromatic N) is 4. The second kappa shape index (κ2) is 6.43. The molecule has 0 saturated heterocycles. The Labute approximate surface area is 146 Å². The SMILES string of the molecule is Cc1cccnc1CCN1Cc2nccc(-c3ccncc3)c2C1=O. The van der Waals surface area contributed by atoms with Gasteiger partial charge < -0.3 is 4.90 Å². The van der Waals surface area contributed by atoms with Crippen molar-refractivity contribution < 1.29 is 4.79 Å². The minimum Gasteiger partial charge on any atom is -0.332 e. The van der Waals surface area contributed by atoms with E-state index in [1.54, 1.807) is 24.8 Å². The predicted molar refractivity (Wildman–Crippen MR) is 94.9 cm³/mol. The molecule has 1 aliphatic heterocycles. The average Bonchev–Trinajstić information content (AvgIpc) is 2.98. The van der Waals surface area contributed by atoms with Crippen molar-refractivity contribution in [2.45, 2.75) is 19.9 Å². The summed E-state index contributed by atoms with van der Waals surface area (Å²) in [7, 11) is 0. The number of aromatic nitrogens is 3. The average molecular weight is 330 g/mol. The number of amides is 1. The molecule has 5 heteroatoms. The maximum absolute atomic E-state index is 12.9. The second-order valence-electron chi connectivity index (χ2n) is 6.16. The molecule has 4 heterocycles. The Balaban J connectivity index is 1.59. The first kappa shape index (κ1) is 15.4. The fourth-order valence-corrected chi connectivity index (χ4v) is 3.25. The van der Waals surface area contributed by atoms with E-state index >= 15 is 0 Å². The normalized spacial score (nSPS) is 13.2. The number of hydrogen-bond donors (Lipinski definition) is 0. The highest BCUT2D eigenvalue weighted by Gasteiger charge is 2.31. The van der Waals surface area contributed by atoms with Gasteiger partial charge in [0.25, 0.3) is 5.91 Å². The van der Waals surface area contributed by atoms with Crippen LogP contribution in [0.3, 0.4) is 0 Å². The second-order valence-corrected chi connectivity index (χ2v) is 6.16. The molecule has 0 aromatic carbocycles. The van der Waals surface area contributed by atoms with E-state index in [9.17, 15) is 4.79 Å². The molecule has 0 aliphatic carbocycles. The van der Waals surface area contributed by atoms with E-state index in [0.717, 1.165) is 34.5 Å². The molecule has 0 fully saturated rings. The summed E-state index contributed by atoms with van der Waals surface area (Å²) in [5, 5.41) is 0. The van der Waals surface area contributed by atoms with Gasteiger partial charge in [0.15, 0.2) is 0 Å². The molecular weight excluding hydrogens is 312 g/mol. The molecule has 25 heavy (non-hydrogen) atoms. The summed E-state index contributed by atoms with van der Waals surface area (Å²) in [4.78, 5) is 27.7. The van der Waals surface area contributed by atoms with Gasteiger partial charge in [-0.25, -0.2) is 0 Å². The summed E-state index contributed by atoms with van der Waals surface area (Å²) < 4.78 is 0. The fraction of sp³-hybridized carbons (Fsp3) is 0.200. The largest absolute Gasteiger partial charge is 0.332 e. The molecule has 3 aromatic heterocycles. The minimum atomic E-state index is 0.0449. The summed E-state index contributed by atoms with van der Waals surface area (Å²) >= 11 is 0. The first-order valence-corrected chi connectivity index (χ1v) is 8.32. The van der Waals surface area contributed by atoms with E-state index in [1.807, 2.05) is 42.2 Å². The van der Waals surface area contributed by atoms with Gasteiger partial charge in [-0.05, 0) is 47.9 Å². The summed E-state index contributed by atoms with van der Waals surface area (Å²) in [6, 6.07) is 9.72. The summed E-state index contributed by atoms with van der Waals surface area (Å²) in [6.07, 6.45) is 7.80. The third kappa shape index (κ3) is 2.89. The zero-order chi connectivity index (χ0) is 17.2. The number of carbonyl (C=O) groups is 1. The Hall–Kier alpha value is -3.08. The number of fused-ring (bicyclic) bond motifs is 1. The van der Waals surface area contributed by atoms with Crippen molar-refractivity contribution in [3.63, 3.8) is 0 Å². The van der Waals surface area contributed by atoms with Crippen LogP contribution in [0.2, 0.25) is 0 Å². The van der Waals surface area contributed by atoms with Gasteiger partial charge in [-0.2, -0.15) is 0 Å². The van der Waals surface area contributed by atoms with Crippen molar-refractivity contribution in [3.05, 3.63) is 77.6 Å². The third-order valence-corrected chi connectivity index (χ3v) is 4.60. The lowest BCUT2D eigenvalue weighted by molar-refractivity contribution is 0.0780. The van der Waals surface area contributed by atoms with Crippen LogP contribution < -0.4 is 0 Å². The monoisotopic (exact) mass is 330 g/mol. The molecule has 0 atom stereocenters. The zero-order valence-electron chi connectivity index (χ0n) is 14.0. The van der Waals surface area contributed by atoms with E-state index in [-0.39, 0.29) is 5.91 Å². The van der Waals surface area contributed by atoms with Crippen LogP contribution in [0, 0.1) is 6.92 Å². The molecule has 3 aromatic rings. The van der Waals surface area contributed by atoms with Gasteiger partial charge in [-0.3, -0.25) is 19.7 Å². The highest BCUT2D eigenvalue weighted by atomic mass is 16.2. The molecule has 0 spiro atoms. The van der Waals surface area contributed by atoms with Crippen LogP contribution in [0.1, 0.15) is 27.3 Å². The smallest absolute Gasteiger partial charge is 0.256 e. The number of rotatable bonds is 4. The molecule has 0 saturated carbocycles. The van der Waals surface area contributed by atoms with Gasteiger partial charge in [-0.15, -0.1) is 0 Å². The van der Waals surface area contributed by atoms with E-state index in [1.165, 1.54) is 0 Å². The van der Waals surface area contributed by atoms with Crippen molar-refractivity contribution in [2.24, 2.45) is 0 Å². The van der Waals surface area contributed by atoms with E-state index < -0.39 is 0 Å². The molecule has 5 nitrogen and oxygen atoms in total. The van der Waals surface area contributed by atoms with Crippen LogP contribution in [0.4, 0.5) is 0 Å². The lowest BCUT2D eigenvalue weighted by Crippen LogP contribution is -2.27. The molecule has 0 radical (unpaired) electrons. The third-order valence-electron chi connectivity index (χ3n) is 4.60. The van der Waals surface area contributed by atoms with E-state index in [4.69, 9.17) is 0 Å². The molecule has 0 unspecified atom stereocenters. The van der Waals surface area contributed by atoms with Gasteiger partial charge in [0.1, 0.15) is 0 Å². The molecule has 1 aliphatic rings. The Morgan fingerprint density at radius 1 is 1.04 bits per heavy atom. The Morgan fingerprint density at radius 2 is 1.88 bits per heavy atom. The van der Waals surface area contributed by atoms with Gasteiger partial charge in [0.05, 0.1) is 17.8 Å². The summed E-state index contributed by atoms with van der Waals surface area (Å²) in [5.41, 5.74) is 5.66. The van der Waals surface area contributed by atoms with Crippen molar-refractivity contribution in [2.75, 3.05) is 6.54 Å². The summed E-state index contributed by atoms with van der Waals surface area (Å²) in [6.45, 7) is 3.24. The molecule has 0 N–H and O–H groups in total. The van der Waals surface area contributed by atoms with Crippen LogP contribution in [-0.2, 0) is 13.0 Å². The Morgan fingerprint density at radius 3 is 2.68 bits per heavy atom. The van der Waals surface area contributed by atoms with Crippen LogP contribution in [0.5, 0.6) is 0 Å². The van der Waals surface area contributed by atoms with Crippen molar-refractivity contribution in [1.29, 1.82) is 0 Å². The first-order chi connectivity index (χ1) is 12.2. The van der Waals surface area contributed by atoms with Gasteiger partial charge >= 0.3 is 0 Å². The van der Waals surface area contributed by atoms with Crippen molar-refractivity contribution in [1.82, 2.24) is 19.9 Å². The Bertz CT molecular complexity index is 924. The predicted octanol–water partition coefficient (Wildman–Crippen LogP) is 3.05. The number of carbonyl (C=O) groups excluding carboxylic acids is 1.